The van der Waals surface area contributed by atoms with Crippen LogP contribution in [0.2, 0.25) is 0 Å². The lowest BCUT2D eigenvalue weighted by atomic mass is 10.2. The van der Waals surface area contributed by atoms with Crippen molar-refractivity contribution in [2.75, 3.05) is 6.54 Å². The van der Waals surface area contributed by atoms with Gasteiger partial charge in [-0.3, -0.25) is 9.78 Å². The first-order chi connectivity index (χ1) is 7.65. The van der Waals surface area contributed by atoms with Crippen molar-refractivity contribution in [3.05, 3.63) is 29.6 Å². The third-order valence-corrected chi connectivity index (χ3v) is 3.54. The van der Waals surface area contributed by atoms with Crippen LogP contribution in [0, 0.1) is 6.92 Å². The van der Waals surface area contributed by atoms with Gasteiger partial charge >= 0.3 is 0 Å². The van der Waals surface area contributed by atoms with Gasteiger partial charge in [0.2, 0.25) is 0 Å². The maximum absolute atomic E-state index is 11.8. The molecule has 88 valence electrons. The van der Waals surface area contributed by atoms with Crippen LogP contribution in [0.25, 0.3) is 0 Å². The average molecular weight is 285 g/mol. The molecular weight excluding hydrogens is 268 g/mol. The molecule has 1 aromatic rings. The normalized spacial score (nSPS) is 12.2. The first-order valence-electron chi connectivity index (χ1n) is 5.49. The number of hydrogen-bond donors (Lipinski definition) is 1. The number of carbonyl (C=O) groups excluding carboxylic acids is 1. The number of carbonyl (C=O) groups is 1. The van der Waals surface area contributed by atoms with E-state index in [2.05, 4.69) is 33.2 Å². The lowest BCUT2D eigenvalue weighted by Crippen LogP contribution is -2.26. The van der Waals surface area contributed by atoms with E-state index in [4.69, 9.17) is 0 Å². The molecule has 1 heterocycles. The van der Waals surface area contributed by atoms with Crippen molar-refractivity contribution in [2.45, 2.75) is 31.5 Å². The number of amides is 1. The second-order valence-corrected chi connectivity index (χ2v) is 4.98. The van der Waals surface area contributed by atoms with Crippen molar-refractivity contribution in [1.82, 2.24) is 10.3 Å². The summed E-state index contributed by atoms with van der Waals surface area (Å²) in [6, 6.07) is 3.57. The molecule has 1 amide bonds. The minimum atomic E-state index is -0.0404. The van der Waals surface area contributed by atoms with E-state index in [-0.39, 0.29) is 5.91 Å². The van der Waals surface area contributed by atoms with E-state index in [1.165, 1.54) is 0 Å². The quantitative estimate of drug-likeness (QED) is 0.845. The molecule has 1 N–H and O–H groups in total. The number of halogens is 1. The van der Waals surface area contributed by atoms with Gasteiger partial charge in [-0.2, -0.15) is 0 Å². The van der Waals surface area contributed by atoms with Crippen LogP contribution in [-0.2, 0) is 0 Å². The van der Waals surface area contributed by atoms with E-state index in [1.807, 2.05) is 6.92 Å². The highest BCUT2D eigenvalue weighted by Crippen LogP contribution is 2.08. The van der Waals surface area contributed by atoms with Gasteiger partial charge in [0.25, 0.3) is 5.91 Å². The second-order valence-electron chi connectivity index (χ2n) is 3.69. The van der Waals surface area contributed by atoms with Crippen LogP contribution >= 0.6 is 15.9 Å². The fourth-order valence-corrected chi connectivity index (χ4v) is 1.59. The maximum Gasteiger partial charge on any atom is 0.253 e. The number of alkyl halides is 1. The van der Waals surface area contributed by atoms with E-state index in [9.17, 15) is 4.79 Å². The van der Waals surface area contributed by atoms with Gasteiger partial charge in [0.05, 0.1) is 5.56 Å². The summed E-state index contributed by atoms with van der Waals surface area (Å²) in [5.74, 6) is -0.0404. The number of aryl methyl sites for hydroxylation is 1. The van der Waals surface area contributed by atoms with Crippen molar-refractivity contribution in [2.24, 2.45) is 0 Å². The topological polar surface area (TPSA) is 42.0 Å². The van der Waals surface area contributed by atoms with E-state index < -0.39 is 0 Å². The minimum Gasteiger partial charge on any atom is -0.352 e. The highest BCUT2D eigenvalue weighted by atomic mass is 79.9. The number of nitrogens with zero attached hydrogens (tertiary/aromatic N) is 1. The fourth-order valence-electron chi connectivity index (χ4n) is 1.37. The monoisotopic (exact) mass is 284 g/mol. The Labute approximate surface area is 105 Å². The summed E-state index contributed by atoms with van der Waals surface area (Å²) >= 11 is 3.53. The summed E-state index contributed by atoms with van der Waals surface area (Å²) < 4.78 is 0. The fraction of sp³-hybridized carbons (Fsp3) is 0.500. The lowest BCUT2D eigenvalue weighted by Gasteiger charge is -2.09. The molecule has 1 rings (SSSR count). The van der Waals surface area contributed by atoms with Crippen LogP contribution in [0.1, 0.15) is 35.8 Å². The zero-order valence-electron chi connectivity index (χ0n) is 9.66. The Balaban J connectivity index is 2.44. The molecule has 0 spiro atoms. The van der Waals surface area contributed by atoms with Crippen molar-refractivity contribution < 1.29 is 4.79 Å². The molecule has 0 bridgehead atoms. The van der Waals surface area contributed by atoms with Gasteiger partial charge in [0.1, 0.15) is 0 Å². The summed E-state index contributed by atoms with van der Waals surface area (Å²) in [6.45, 7) is 4.65. The van der Waals surface area contributed by atoms with E-state index in [1.54, 1.807) is 18.3 Å². The van der Waals surface area contributed by atoms with Crippen molar-refractivity contribution in [1.29, 1.82) is 0 Å². The maximum atomic E-state index is 11.8. The van der Waals surface area contributed by atoms with E-state index in [0.29, 0.717) is 16.9 Å². The molecule has 1 unspecified atom stereocenters. The van der Waals surface area contributed by atoms with Gasteiger partial charge in [-0.25, -0.2) is 0 Å². The summed E-state index contributed by atoms with van der Waals surface area (Å²) in [5, 5.41) is 2.90. The van der Waals surface area contributed by atoms with Gasteiger partial charge < -0.3 is 5.32 Å². The third kappa shape index (κ3) is 3.93. The van der Waals surface area contributed by atoms with E-state index >= 15 is 0 Å². The number of rotatable bonds is 5. The molecule has 0 aliphatic carbocycles. The summed E-state index contributed by atoms with van der Waals surface area (Å²) in [4.78, 5) is 16.3. The Morgan fingerprint density at radius 3 is 3.00 bits per heavy atom. The SMILES string of the molecule is CCC(Br)CCNC(=O)c1cccnc1C. The molecule has 1 aromatic heterocycles. The van der Waals surface area contributed by atoms with Crippen molar-refractivity contribution in [3.8, 4) is 0 Å². The van der Waals surface area contributed by atoms with E-state index in [0.717, 1.165) is 18.5 Å². The molecule has 4 heteroatoms. The summed E-state index contributed by atoms with van der Waals surface area (Å²) in [5.41, 5.74) is 1.43. The third-order valence-electron chi connectivity index (χ3n) is 2.44. The molecule has 0 saturated carbocycles. The summed E-state index contributed by atoms with van der Waals surface area (Å²) in [6.07, 6.45) is 3.71. The second kappa shape index (κ2) is 6.63. The Morgan fingerprint density at radius 1 is 1.62 bits per heavy atom. The van der Waals surface area contributed by atoms with Gasteiger partial charge in [-0.1, -0.05) is 22.9 Å². The highest BCUT2D eigenvalue weighted by Gasteiger charge is 2.08. The predicted molar refractivity (Wildman–Crippen MR) is 68.9 cm³/mol. The van der Waals surface area contributed by atoms with Gasteiger partial charge in [0.15, 0.2) is 0 Å². The lowest BCUT2D eigenvalue weighted by molar-refractivity contribution is 0.0952. The Morgan fingerprint density at radius 2 is 2.38 bits per heavy atom. The number of aromatic nitrogens is 1. The largest absolute Gasteiger partial charge is 0.352 e. The van der Waals surface area contributed by atoms with Gasteiger partial charge in [-0.15, -0.1) is 0 Å². The average Bonchev–Trinajstić information content (AvgIpc) is 2.29. The molecule has 16 heavy (non-hydrogen) atoms. The Kier molecular flexibility index (Phi) is 5.46. The molecule has 0 aromatic carbocycles. The first-order valence-corrected chi connectivity index (χ1v) is 6.40. The Bertz CT molecular complexity index is 355. The van der Waals surface area contributed by atoms with Crippen LogP contribution in [0.3, 0.4) is 0 Å². The van der Waals surface area contributed by atoms with Gasteiger partial charge in [0, 0.05) is 23.3 Å². The molecular formula is C12H17BrN2O. The van der Waals surface area contributed by atoms with Crippen molar-refractivity contribution >= 4 is 21.8 Å². The van der Waals surface area contributed by atoms with Crippen molar-refractivity contribution in [3.63, 3.8) is 0 Å². The molecule has 1 atom stereocenters. The van der Waals surface area contributed by atoms with Crippen LogP contribution in [0.4, 0.5) is 0 Å². The number of pyridine rings is 1. The molecule has 3 nitrogen and oxygen atoms in total. The van der Waals surface area contributed by atoms with Crippen LogP contribution < -0.4 is 5.32 Å². The number of hydrogen-bond acceptors (Lipinski definition) is 2. The molecule has 0 radical (unpaired) electrons. The number of nitrogens with one attached hydrogen (secondary N) is 1. The molecule has 0 aliphatic rings. The molecule has 0 aliphatic heterocycles. The molecule has 0 fully saturated rings. The molecule has 0 saturated heterocycles. The zero-order valence-corrected chi connectivity index (χ0v) is 11.3. The summed E-state index contributed by atoms with van der Waals surface area (Å²) in [7, 11) is 0. The zero-order chi connectivity index (χ0) is 12.0. The smallest absolute Gasteiger partial charge is 0.253 e. The van der Waals surface area contributed by atoms with Gasteiger partial charge in [-0.05, 0) is 31.9 Å². The predicted octanol–water partition coefficient (Wildman–Crippen LogP) is 2.68. The van der Waals surface area contributed by atoms with Crippen LogP contribution in [0.15, 0.2) is 18.3 Å². The van der Waals surface area contributed by atoms with Crippen LogP contribution in [-0.4, -0.2) is 22.3 Å². The first kappa shape index (κ1) is 13.2. The standard InChI is InChI=1S/C12H17BrN2O/c1-3-10(13)6-8-15-12(16)11-5-4-7-14-9(11)2/h4-5,7,10H,3,6,8H2,1-2H3,(H,15,16). The minimum absolute atomic E-state index is 0.0404. The Hall–Kier alpha value is -0.900. The highest BCUT2D eigenvalue weighted by molar-refractivity contribution is 9.09. The van der Waals surface area contributed by atoms with Crippen LogP contribution in [0.5, 0.6) is 0 Å².